The topological polar surface area (TPSA) is 76.1 Å². The molecule has 0 saturated carbocycles. The highest BCUT2D eigenvalue weighted by Gasteiger charge is 2.13. The average molecular weight is 285 g/mol. The maximum absolute atomic E-state index is 11.6. The summed E-state index contributed by atoms with van der Waals surface area (Å²) in [5.41, 5.74) is 5.44. The Kier molecular flexibility index (Phi) is 5.02. The molecular weight excluding hydrogens is 275 g/mol. The zero-order valence-electron chi connectivity index (χ0n) is 9.54. The summed E-state index contributed by atoms with van der Waals surface area (Å²) in [4.78, 5) is 11.6. The van der Waals surface area contributed by atoms with E-state index in [0.29, 0.717) is 5.02 Å². The zero-order valence-corrected chi connectivity index (χ0v) is 11.0. The second kappa shape index (κ2) is 6.29. The molecule has 6 heteroatoms. The number of ketones is 1. The van der Waals surface area contributed by atoms with Crippen molar-refractivity contribution in [3.8, 4) is 11.8 Å². The predicted molar refractivity (Wildman–Crippen MR) is 69.5 cm³/mol. The van der Waals surface area contributed by atoms with Crippen molar-refractivity contribution in [2.24, 2.45) is 5.73 Å². The number of halogens is 2. The number of carbonyl (C=O) groups excluding carboxylic acids is 1. The number of allylic oxidation sites excluding steroid dienone is 1. The Hall–Kier alpha value is -1.70. The lowest BCUT2D eigenvalue weighted by Crippen LogP contribution is -2.16. The highest BCUT2D eigenvalue weighted by molar-refractivity contribution is 6.42. The lowest BCUT2D eigenvalue weighted by atomic mass is 10.1. The fourth-order valence-corrected chi connectivity index (χ4v) is 1.53. The van der Waals surface area contributed by atoms with Crippen LogP contribution in [0.5, 0.6) is 5.75 Å². The van der Waals surface area contributed by atoms with Gasteiger partial charge < -0.3 is 10.5 Å². The molecule has 0 aliphatic rings. The lowest BCUT2D eigenvalue weighted by Gasteiger charge is -2.08. The van der Waals surface area contributed by atoms with Crippen molar-refractivity contribution in [2.75, 3.05) is 6.61 Å². The third-order valence-electron chi connectivity index (χ3n) is 2.06. The van der Waals surface area contributed by atoms with Crippen LogP contribution in [0, 0.1) is 11.3 Å². The number of ether oxygens (including phenoxy) is 1. The molecule has 0 radical (unpaired) electrons. The molecule has 1 aromatic carbocycles. The Morgan fingerprint density at radius 1 is 1.50 bits per heavy atom. The first-order chi connectivity index (χ1) is 8.47. The van der Waals surface area contributed by atoms with E-state index in [0.717, 1.165) is 0 Å². The minimum atomic E-state index is -0.506. The minimum Gasteiger partial charge on any atom is -0.484 e. The Morgan fingerprint density at radius 3 is 2.72 bits per heavy atom. The van der Waals surface area contributed by atoms with Crippen molar-refractivity contribution in [3.63, 3.8) is 0 Å². The Morgan fingerprint density at radius 2 is 2.17 bits per heavy atom. The SMILES string of the molecule is C/C(N)=C(/C#N)C(=O)COc1cccc(Cl)c1Cl. The fourth-order valence-electron chi connectivity index (χ4n) is 1.18. The van der Waals surface area contributed by atoms with E-state index < -0.39 is 5.78 Å². The molecule has 0 heterocycles. The van der Waals surface area contributed by atoms with E-state index in [1.807, 2.05) is 0 Å². The summed E-state index contributed by atoms with van der Waals surface area (Å²) in [6, 6.07) is 6.55. The van der Waals surface area contributed by atoms with Gasteiger partial charge in [-0.3, -0.25) is 4.79 Å². The lowest BCUT2D eigenvalue weighted by molar-refractivity contribution is -0.117. The molecule has 0 unspecified atom stereocenters. The molecule has 1 aromatic rings. The van der Waals surface area contributed by atoms with Crippen LogP contribution in [0.3, 0.4) is 0 Å². The number of benzene rings is 1. The van der Waals surface area contributed by atoms with Crippen molar-refractivity contribution < 1.29 is 9.53 Å². The first kappa shape index (κ1) is 14.4. The Bertz CT molecular complexity index is 543. The molecule has 0 fully saturated rings. The molecule has 1 rings (SSSR count). The van der Waals surface area contributed by atoms with Gasteiger partial charge in [-0.15, -0.1) is 0 Å². The fraction of sp³-hybridized carbons (Fsp3) is 0.167. The summed E-state index contributed by atoms with van der Waals surface area (Å²) < 4.78 is 5.21. The van der Waals surface area contributed by atoms with Gasteiger partial charge in [0.25, 0.3) is 0 Å². The summed E-state index contributed by atoms with van der Waals surface area (Å²) in [6.45, 7) is 1.15. The molecule has 0 aliphatic carbocycles. The molecule has 0 amide bonds. The van der Waals surface area contributed by atoms with Gasteiger partial charge in [-0.05, 0) is 19.1 Å². The molecule has 0 spiro atoms. The van der Waals surface area contributed by atoms with Gasteiger partial charge in [0.15, 0.2) is 6.61 Å². The summed E-state index contributed by atoms with van der Waals surface area (Å²) >= 11 is 11.7. The van der Waals surface area contributed by atoms with E-state index in [1.54, 1.807) is 24.3 Å². The van der Waals surface area contributed by atoms with E-state index >= 15 is 0 Å². The van der Waals surface area contributed by atoms with Crippen LogP contribution in [-0.2, 0) is 4.79 Å². The number of carbonyl (C=O) groups is 1. The van der Waals surface area contributed by atoms with Gasteiger partial charge >= 0.3 is 0 Å². The predicted octanol–water partition coefficient (Wildman–Crippen LogP) is 2.70. The molecule has 2 N–H and O–H groups in total. The maximum Gasteiger partial charge on any atom is 0.212 e. The standard InChI is InChI=1S/C12H10Cl2N2O2/c1-7(16)8(5-15)10(17)6-18-11-4-2-3-9(13)12(11)14/h2-4H,6,16H2,1H3/b8-7+. The maximum atomic E-state index is 11.6. The number of nitriles is 1. The molecule has 0 bridgehead atoms. The molecule has 0 saturated heterocycles. The number of rotatable bonds is 4. The van der Waals surface area contributed by atoms with Crippen molar-refractivity contribution in [2.45, 2.75) is 6.92 Å². The Balaban J connectivity index is 2.79. The molecular formula is C12H10Cl2N2O2. The summed E-state index contributed by atoms with van der Waals surface area (Å²) in [5.74, 6) is -0.224. The first-order valence-corrected chi connectivity index (χ1v) is 5.69. The Labute approximate surface area is 115 Å². The highest BCUT2D eigenvalue weighted by atomic mass is 35.5. The quantitative estimate of drug-likeness (QED) is 0.681. The van der Waals surface area contributed by atoms with Crippen molar-refractivity contribution in [3.05, 3.63) is 39.5 Å². The second-order valence-corrected chi connectivity index (χ2v) is 4.22. The van der Waals surface area contributed by atoms with Crippen LogP contribution in [0.4, 0.5) is 0 Å². The smallest absolute Gasteiger partial charge is 0.212 e. The van der Waals surface area contributed by atoms with E-state index in [1.165, 1.54) is 6.92 Å². The van der Waals surface area contributed by atoms with Crippen LogP contribution in [0.1, 0.15) is 6.92 Å². The van der Waals surface area contributed by atoms with Gasteiger partial charge in [0, 0.05) is 5.70 Å². The normalized spacial score (nSPS) is 11.4. The molecule has 18 heavy (non-hydrogen) atoms. The van der Waals surface area contributed by atoms with E-state index in [2.05, 4.69) is 0 Å². The zero-order chi connectivity index (χ0) is 13.7. The monoisotopic (exact) mass is 284 g/mol. The summed E-state index contributed by atoms with van der Waals surface area (Å²) in [7, 11) is 0. The van der Waals surface area contributed by atoms with Gasteiger partial charge in [-0.2, -0.15) is 5.26 Å². The van der Waals surface area contributed by atoms with Gasteiger partial charge in [0.05, 0.1) is 5.02 Å². The molecule has 94 valence electrons. The average Bonchev–Trinajstić information content (AvgIpc) is 2.31. The molecule has 0 aromatic heterocycles. The van der Waals surface area contributed by atoms with E-state index in [9.17, 15) is 4.79 Å². The van der Waals surface area contributed by atoms with E-state index in [-0.39, 0.29) is 28.6 Å². The van der Waals surface area contributed by atoms with E-state index in [4.69, 9.17) is 38.9 Å². The van der Waals surface area contributed by atoms with Gasteiger partial charge in [-0.1, -0.05) is 29.3 Å². The molecule has 0 aliphatic heterocycles. The van der Waals surface area contributed by atoms with Crippen LogP contribution in [0.25, 0.3) is 0 Å². The van der Waals surface area contributed by atoms with Gasteiger partial charge in [0.2, 0.25) is 5.78 Å². The highest BCUT2D eigenvalue weighted by Crippen LogP contribution is 2.31. The van der Waals surface area contributed by atoms with Crippen molar-refractivity contribution in [1.82, 2.24) is 0 Å². The van der Waals surface area contributed by atoms with Crippen LogP contribution in [0.2, 0.25) is 10.0 Å². The van der Waals surface area contributed by atoms with Crippen LogP contribution in [0.15, 0.2) is 29.5 Å². The number of nitrogens with zero attached hydrogens (tertiary/aromatic N) is 1. The molecule has 0 atom stereocenters. The number of Topliss-reactive ketones (excluding diaryl/α,β-unsaturated/α-hetero) is 1. The third kappa shape index (κ3) is 3.39. The number of hydrogen-bond acceptors (Lipinski definition) is 4. The third-order valence-corrected chi connectivity index (χ3v) is 2.86. The number of nitrogens with two attached hydrogens (primary N) is 1. The second-order valence-electron chi connectivity index (χ2n) is 3.43. The largest absolute Gasteiger partial charge is 0.484 e. The van der Waals surface area contributed by atoms with Crippen molar-refractivity contribution in [1.29, 1.82) is 5.26 Å². The minimum absolute atomic E-state index is 0.117. The van der Waals surface area contributed by atoms with Gasteiger partial charge in [0.1, 0.15) is 22.4 Å². The van der Waals surface area contributed by atoms with Crippen LogP contribution < -0.4 is 10.5 Å². The van der Waals surface area contributed by atoms with Gasteiger partial charge in [-0.25, -0.2) is 0 Å². The van der Waals surface area contributed by atoms with Crippen LogP contribution >= 0.6 is 23.2 Å². The first-order valence-electron chi connectivity index (χ1n) is 4.93. The van der Waals surface area contributed by atoms with Crippen LogP contribution in [-0.4, -0.2) is 12.4 Å². The number of hydrogen-bond donors (Lipinski definition) is 1. The van der Waals surface area contributed by atoms with Crippen molar-refractivity contribution >= 4 is 29.0 Å². The summed E-state index contributed by atoms with van der Waals surface area (Å²) in [5, 5.41) is 9.30. The molecule has 4 nitrogen and oxygen atoms in total. The summed E-state index contributed by atoms with van der Waals surface area (Å²) in [6.07, 6.45) is 0.